The average molecular weight is 499 g/mol. The Morgan fingerprint density at radius 2 is 2.19 bits per heavy atom. The highest BCUT2D eigenvalue weighted by molar-refractivity contribution is 14.0. The summed E-state index contributed by atoms with van der Waals surface area (Å²) in [7, 11) is 1.73. The van der Waals surface area contributed by atoms with Gasteiger partial charge in [0.05, 0.1) is 18.7 Å². The number of ether oxygens (including phenoxy) is 2. The van der Waals surface area contributed by atoms with Crippen molar-refractivity contribution in [2.75, 3.05) is 46.5 Å². The van der Waals surface area contributed by atoms with Gasteiger partial charge in [-0.05, 0) is 31.0 Å². The van der Waals surface area contributed by atoms with Crippen LogP contribution in [-0.4, -0.2) is 57.4 Å². The summed E-state index contributed by atoms with van der Waals surface area (Å²) in [6.45, 7) is 4.19. The van der Waals surface area contributed by atoms with Crippen molar-refractivity contribution in [3.8, 4) is 5.75 Å². The van der Waals surface area contributed by atoms with Crippen LogP contribution in [0.5, 0.6) is 5.75 Å². The normalized spacial score (nSPS) is 22.8. The number of likely N-dealkylation sites (tertiary alicyclic amines) is 1. The van der Waals surface area contributed by atoms with Gasteiger partial charge < -0.3 is 19.7 Å². The van der Waals surface area contributed by atoms with Gasteiger partial charge >= 0.3 is 6.18 Å². The van der Waals surface area contributed by atoms with E-state index in [-0.39, 0.29) is 41.7 Å². The first-order chi connectivity index (χ1) is 12.4. The minimum atomic E-state index is -4.37. The molecule has 2 aliphatic rings. The molecule has 1 aromatic rings. The summed E-state index contributed by atoms with van der Waals surface area (Å²) in [5, 5.41) is 3.22. The van der Waals surface area contributed by atoms with Gasteiger partial charge in [-0.1, -0.05) is 6.07 Å². The van der Waals surface area contributed by atoms with E-state index in [1.54, 1.807) is 7.05 Å². The van der Waals surface area contributed by atoms with E-state index in [1.807, 2.05) is 0 Å². The third-order valence-electron chi connectivity index (χ3n) is 4.95. The van der Waals surface area contributed by atoms with Crippen molar-refractivity contribution < 1.29 is 22.6 Å². The number of aliphatic imine (C=N–C) groups is 1. The van der Waals surface area contributed by atoms with Crippen LogP contribution in [0.1, 0.15) is 18.4 Å². The molecule has 0 amide bonds. The molecule has 9 heteroatoms. The van der Waals surface area contributed by atoms with Gasteiger partial charge in [-0.2, -0.15) is 13.2 Å². The van der Waals surface area contributed by atoms with Crippen LogP contribution in [0.15, 0.2) is 29.3 Å². The number of alkyl halides is 3. The SMILES string of the molecule is CN=C(NCCOc1cccc(C(F)(F)F)c1)N1CCC2(CCOC2)C1.I. The number of halogens is 4. The summed E-state index contributed by atoms with van der Waals surface area (Å²) in [5.41, 5.74) is -0.466. The molecule has 0 aromatic heterocycles. The topological polar surface area (TPSA) is 46.1 Å². The van der Waals surface area contributed by atoms with Crippen molar-refractivity contribution >= 4 is 29.9 Å². The number of benzene rings is 1. The molecular weight excluding hydrogens is 474 g/mol. The van der Waals surface area contributed by atoms with Gasteiger partial charge in [0.25, 0.3) is 0 Å². The fourth-order valence-corrected chi connectivity index (χ4v) is 3.51. The van der Waals surface area contributed by atoms with Gasteiger partial charge in [-0.15, -0.1) is 24.0 Å². The van der Waals surface area contributed by atoms with E-state index in [0.717, 1.165) is 57.2 Å². The molecule has 152 valence electrons. The predicted molar refractivity (Wildman–Crippen MR) is 108 cm³/mol. The number of hydrogen-bond acceptors (Lipinski definition) is 3. The molecule has 0 radical (unpaired) electrons. The second-order valence-electron chi connectivity index (χ2n) is 6.82. The highest BCUT2D eigenvalue weighted by Gasteiger charge is 2.42. The molecule has 2 heterocycles. The Morgan fingerprint density at radius 1 is 1.37 bits per heavy atom. The van der Waals surface area contributed by atoms with Crippen LogP contribution < -0.4 is 10.1 Å². The van der Waals surface area contributed by atoms with Crippen LogP contribution in [0, 0.1) is 5.41 Å². The number of rotatable bonds is 4. The molecule has 1 N–H and O–H groups in total. The molecule has 27 heavy (non-hydrogen) atoms. The lowest BCUT2D eigenvalue weighted by Crippen LogP contribution is -2.42. The Kier molecular flexibility index (Phi) is 7.61. The first-order valence-corrected chi connectivity index (χ1v) is 8.75. The number of nitrogens with one attached hydrogen (secondary N) is 1. The van der Waals surface area contributed by atoms with E-state index < -0.39 is 11.7 Å². The fourth-order valence-electron chi connectivity index (χ4n) is 3.51. The second-order valence-corrected chi connectivity index (χ2v) is 6.82. The molecule has 1 atom stereocenters. The molecule has 1 aromatic carbocycles. The molecule has 2 aliphatic heterocycles. The first kappa shape index (κ1) is 22.1. The quantitative estimate of drug-likeness (QED) is 0.299. The zero-order valence-electron chi connectivity index (χ0n) is 15.2. The molecule has 3 rings (SSSR count). The summed E-state index contributed by atoms with van der Waals surface area (Å²) >= 11 is 0. The van der Waals surface area contributed by atoms with Gasteiger partial charge in [0.15, 0.2) is 5.96 Å². The Hall–Kier alpha value is -1.23. The maximum atomic E-state index is 12.7. The van der Waals surface area contributed by atoms with Gasteiger partial charge in [-0.25, -0.2) is 0 Å². The minimum absolute atomic E-state index is 0. The van der Waals surface area contributed by atoms with E-state index in [9.17, 15) is 13.2 Å². The van der Waals surface area contributed by atoms with Gasteiger partial charge in [0, 0.05) is 32.2 Å². The van der Waals surface area contributed by atoms with Crippen molar-refractivity contribution in [1.29, 1.82) is 0 Å². The predicted octanol–water partition coefficient (Wildman–Crippen LogP) is 3.39. The summed E-state index contributed by atoms with van der Waals surface area (Å²) < 4.78 is 49.1. The molecule has 2 fully saturated rings. The van der Waals surface area contributed by atoms with Crippen molar-refractivity contribution in [2.45, 2.75) is 19.0 Å². The largest absolute Gasteiger partial charge is 0.492 e. The number of hydrogen-bond donors (Lipinski definition) is 1. The van der Waals surface area contributed by atoms with Gasteiger partial charge in [0.2, 0.25) is 0 Å². The summed E-state index contributed by atoms with van der Waals surface area (Å²) in [6.07, 6.45) is -2.19. The summed E-state index contributed by atoms with van der Waals surface area (Å²) in [6, 6.07) is 4.91. The highest BCUT2D eigenvalue weighted by atomic mass is 127. The van der Waals surface area contributed by atoms with Crippen LogP contribution in [0.3, 0.4) is 0 Å². The highest BCUT2D eigenvalue weighted by Crippen LogP contribution is 2.38. The van der Waals surface area contributed by atoms with Crippen molar-refractivity contribution in [3.05, 3.63) is 29.8 Å². The summed E-state index contributed by atoms with van der Waals surface area (Å²) in [5.74, 6) is 1.00. The van der Waals surface area contributed by atoms with Crippen molar-refractivity contribution in [3.63, 3.8) is 0 Å². The Labute approximate surface area is 174 Å². The van der Waals surface area contributed by atoms with E-state index in [2.05, 4.69) is 15.2 Å². The van der Waals surface area contributed by atoms with Crippen LogP contribution in [0.4, 0.5) is 13.2 Å². The lowest BCUT2D eigenvalue weighted by molar-refractivity contribution is -0.137. The zero-order valence-corrected chi connectivity index (χ0v) is 17.5. The van der Waals surface area contributed by atoms with Crippen molar-refractivity contribution in [2.24, 2.45) is 10.4 Å². The number of nitrogens with zero attached hydrogens (tertiary/aromatic N) is 2. The van der Waals surface area contributed by atoms with E-state index in [1.165, 1.54) is 12.1 Å². The Balaban J connectivity index is 0.00000261. The first-order valence-electron chi connectivity index (χ1n) is 8.75. The molecule has 5 nitrogen and oxygen atoms in total. The molecule has 0 aliphatic carbocycles. The van der Waals surface area contributed by atoms with Gasteiger partial charge in [0.1, 0.15) is 12.4 Å². The average Bonchev–Trinajstić information content (AvgIpc) is 3.25. The maximum Gasteiger partial charge on any atom is 0.416 e. The molecule has 1 unspecified atom stereocenters. The minimum Gasteiger partial charge on any atom is -0.492 e. The third kappa shape index (κ3) is 5.63. The third-order valence-corrected chi connectivity index (χ3v) is 4.95. The van der Waals surface area contributed by atoms with Gasteiger partial charge in [-0.3, -0.25) is 4.99 Å². The van der Waals surface area contributed by atoms with E-state index >= 15 is 0 Å². The van der Waals surface area contributed by atoms with Crippen LogP contribution in [0.25, 0.3) is 0 Å². The smallest absolute Gasteiger partial charge is 0.416 e. The lowest BCUT2D eigenvalue weighted by Gasteiger charge is -2.25. The molecule has 0 bridgehead atoms. The Morgan fingerprint density at radius 3 is 2.85 bits per heavy atom. The molecule has 0 saturated carbocycles. The summed E-state index contributed by atoms with van der Waals surface area (Å²) in [4.78, 5) is 6.51. The fraction of sp³-hybridized carbons (Fsp3) is 0.611. The standard InChI is InChI=1S/C18H24F3N3O2.HI/c1-22-16(24-8-5-17(12-24)6-9-25-13-17)23-7-10-26-15-4-2-3-14(11-15)18(19,20)21;/h2-4,11H,5-10,12-13H2,1H3,(H,22,23);1H. The monoisotopic (exact) mass is 499 g/mol. The Bertz CT molecular complexity index is 649. The molecular formula is C18H25F3IN3O2. The van der Waals surface area contributed by atoms with Crippen molar-refractivity contribution in [1.82, 2.24) is 10.2 Å². The zero-order chi connectivity index (χ0) is 18.6. The van der Waals surface area contributed by atoms with E-state index in [4.69, 9.17) is 9.47 Å². The lowest BCUT2D eigenvalue weighted by atomic mass is 9.87. The molecule has 1 spiro atoms. The van der Waals surface area contributed by atoms with Crippen LogP contribution >= 0.6 is 24.0 Å². The van der Waals surface area contributed by atoms with Crippen LogP contribution in [0.2, 0.25) is 0 Å². The molecule has 2 saturated heterocycles. The number of guanidine groups is 1. The second kappa shape index (κ2) is 9.31. The van der Waals surface area contributed by atoms with Crippen LogP contribution in [-0.2, 0) is 10.9 Å². The maximum absolute atomic E-state index is 12.7. The van der Waals surface area contributed by atoms with E-state index in [0.29, 0.717) is 6.54 Å².